The Labute approximate surface area is 253 Å². The topological polar surface area (TPSA) is 115 Å². The molecule has 0 unspecified atom stereocenters. The van der Waals surface area contributed by atoms with Gasteiger partial charge >= 0.3 is 0 Å². The van der Waals surface area contributed by atoms with E-state index in [-0.39, 0.29) is 0 Å². The van der Waals surface area contributed by atoms with E-state index in [1.165, 1.54) is 0 Å². The summed E-state index contributed by atoms with van der Waals surface area (Å²) in [6.45, 7) is 8.41. The second-order valence-electron chi connectivity index (χ2n) is 10.6. The average Bonchev–Trinajstić information content (AvgIpc) is 3.08. The van der Waals surface area contributed by atoms with Crippen LogP contribution in [0.25, 0.3) is 0 Å². The fourth-order valence-corrected chi connectivity index (χ4v) is 5.23. The second kappa shape index (κ2) is 14.6. The maximum atomic E-state index is 6.50. The number of nitrogens with zero attached hydrogens (tertiary/aromatic N) is 6. The van der Waals surface area contributed by atoms with Gasteiger partial charge in [-0.1, -0.05) is 36.4 Å². The molecule has 224 valence electrons. The third kappa shape index (κ3) is 7.88. The number of aromatic nitrogens is 4. The largest absolute Gasteiger partial charge is 0.413 e. The first kappa shape index (κ1) is 28.6. The summed E-state index contributed by atoms with van der Waals surface area (Å²) in [7, 11) is 0. The standard InChI is InChI=1S/C32H40N10O/c1-3-7-25(8-4-1)35-13-11-27-23-37-31(29(39-27)41-19-15-33-16-20-41)43-32-30(42-21-17-34-18-22-42)40-28(24-38-32)12-14-36-26-9-5-2-6-10-26/h1-10,23-24,33-36H,11-22H2. The van der Waals surface area contributed by atoms with Gasteiger partial charge in [0.15, 0.2) is 11.6 Å². The Morgan fingerprint density at radius 1 is 0.605 bits per heavy atom. The molecule has 0 saturated carbocycles. The zero-order valence-corrected chi connectivity index (χ0v) is 24.5. The van der Waals surface area contributed by atoms with Crippen LogP contribution in [0.4, 0.5) is 23.0 Å². The van der Waals surface area contributed by atoms with Crippen molar-refractivity contribution in [3.63, 3.8) is 0 Å². The summed E-state index contributed by atoms with van der Waals surface area (Å²) in [5.74, 6) is 2.43. The fourth-order valence-electron chi connectivity index (χ4n) is 5.23. The number of anilines is 4. The quantitative estimate of drug-likeness (QED) is 0.198. The van der Waals surface area contributed by atoms with Crippen LogP contribution >= 0.6 is 0 Å². The molecule has 2 saturated heterocycles. The minimum absolute atomic E-state index is 0.464. The number of nitrogens with one attached hydrogen (secondary N) is 4. The van der Waals surface area contributed by atoms with Crippen molar-refractivity contribution in [2.24, 2.45) is 0 Å². The third-order valence-corrected chi connectivity index (χ3v) is 7.54. The first-order valence-corrected chi connectivity index (χ1v) is 15.2. The van der Waals surface area contributed by atoms with Gasteiger partial charge in [-0.2, -0.15) is 0 Å². The van der Waals surface area contributed by atoms with Crippen LogP contribution in [-0.4, -0.2) is 85.4 Å². The van der Waals surface area contributed by atoms with Gasteiger partial charge in [0.05, 0.1) is 23.8 Å². The molecule has 4 aromatic rings. The second-order valence-corrected chi connectivity index (χ2v) is 10.6. The lowest BCUT2D eigenvalue weighted by molar-refractivity contribution is 0.431. The molecule has 6 rings (SSSR count). The van der Waals surface area contributed by atoms with Gasteiger partial charge in [-0.15, -0.1) is 0 Å². The Morgan fingerprint density at radius 3 is 1.44 bits per heavy atom. The minimum Gasteiger partial charge on any atom is -0.413 e. The van der Waals surface area contributed by atoms with E-state index in [1.54, 1.807) is 0 Å². The van der Waals surface area contributed by atoms with Gasteiger partial charge in [-0.05, 0) is 24.3 Å². The molecule has 0 spiro atoms. The van der Waals surface area contributed by atoms with E-state index >= 15 is 0 Å². The molecule has 2 aliphatic rings. The molecule has 43 heavy (non-hydrogen) atoms. The Balaban J connectivity index is 1.21. The predicted octanol–water partition coefficient (Wildman–Crippen LogP) is 3.19. The lowest BCUT2D eigenvalue weighted by atomic mass is 10.2. The number of benzene rings is 2. The highest BCUT2D eigenvalue weighted by atomic mass is 16.5. The molecule has 2 aliphatic heterocycles. The third-order valence-electron chi connectivity index (χ3n) is 7.54. The van der Waals surface area contributed by atoms with Gasteiger partial charge in [0.2, 0.25) is 0 Å². The van der Waals surface area contributed by atoms with Crippen molar-refractivity contribution in [3.8, 4) is 11.8 Å². The molecule has 2 aromatic heterocycles. The van der Waals surface area contributed by atoms with E-state index in [4.69, 9.17) is 24.7 Å². The minimum atomic E-state index is 0.464. The van der Waals surface area contributed by atoms with E-state index in [9.17, 15) is 0 Å². The first-order valence-electron chi connectivity index (χ1n) is 15.2. The fraction of sp³-hybridized carbons (Fsp3) is 0.375. The number of ether oxygens (including phenoxy) is 1. The van der Waals surface area contributed by atoms with Crippen LogP contribution in [0.5, 0.6) is 11.8 Å². The van der Waals surface area contributed by atoms with Crippen LogP contribution in [0.3, 0.4) is 0 Å². The Bertz CT molecular complexity index is 1320. The number of rotatable bonds is 12. The molecular weight excluding hydrogens is 540 g/mol. The SMILES string of the molecule is c1ccc(NCCc2cnc(Oc3ncc(CCNc4ccccc4)nc3N3CCNCC3)c(N3CCNCC3)n2)cc1. The summed E-state index contributed by atoms with van der Waals surface area (Å²) < 4.78 is 6.50. The lowest BCUT2D eigenvalue weighted by Gasteiger charge is -2.31. The van der Waals surface area contributed by atoms with E-state index in [0.29, 0.717) is 11.8 Å². The van der Waals surface area contributed by atoms with Crippen molar-refractivity contribution < 1.29 is 4.74 Å². The average molecular weight is 581 g/mol. The van der Waals surface area contributed by atoms with Crippen LogP contribution in [-0.2, 0) is 12.8 Å². The summed E-state index contributed by atoms with van der Waals surface area (Å²) in [6.07, 6.45) is 5.13. The van der Waals surface area contributed by atoms with Crippen molar-refractivity contribution in [2.75, 3.05) is 85.9 Å². The molecule has 2 aromatic carbocycles. The van der Waals surface area contributed by atoms with Gasteiger partial charge in [0.1, 0.15) is 0 Å². The smallest absolute Gasteiger partial charge is 0.264 e. The highest BCUT2D eigenvalue weighted by Gasteiger charge is 2.24. The summed E-state index contributed by atoms with van der Waals surface area (Å²) >= 11 is 0. The normalized spacial score (nSPS) is 15.3. The van der Waals surface area contributed by atoms with Crippen LogP contribution in [0.1, 0.15) is 11.4 Å². The first-order chi connectivity index (χ1) is 21.3. The van der Waals surface area contributed by atoms with Gasteiger partial charge in [0.25, 0.3) is 11.8 Å². The maximum Gasteiger partial charge on any atom is 0.264 e. The van der Waals surface area contributed by atoms with Crippen molar-refractivity contribution in [2.45, 2.75) is 12.8 Å². The van der Waals surface area contributed by atoms with Crippen molar-refractivity contribution in [3.05, 3.63) is 84.4 Å². The van der Waals surface area contributed by atoms with Crippen LogP contribution in [0, 0.1) is 0 Å². The van der Waals surface area contributed by atoms with Gasteiger partial charge in [-0.25, -0.2) is 19.9 Å². The highest BCUT2D eigenvalue weighted by Crippen LogP contribution is 2.33. The summed E-state index contributed by atoms with van der Waals surface area (Å²) in [4.78, 5) is 24.1. The Hall–Kier alpha value is -4.48. The molecule has 11 heteroatoms. The van der Waals surface area contributed by atoms with Gasteiger partial charge < -0.3 is 35.8 Å². The molecule has 0 bridgehead atoms. The lowest BCUT2D eigenvalue weighted by Crippen LogP contribution is -2.44. The van der Waals surface area contributed by atoms with Crippen LogP contribution in [0.2, 0.25) is 0 Å². The molecule has 0 radical (unpaired) electrons. The molecule has 11 nitrogen and oxygen atoms in total. The van der Waals surface area contributed by atoms with E-state index in [1.807, 2.05) is 48.8 Å². The number of piperazine rings is 2. The van der Waals surface area contributed by atoms with Crippen LogP contribution < -0.4 is 35.8 Å². The van der Waals surface area contributed by atoms with E-state index in [2.05, 4.69) is 55.3 Å². The summed E-state index contributed by atoms with van der Waals surface area (Å²) in [6, 6.07) is 20.4. The van der Waals surface area contributed by atoms with Gasteiger partial charge in [-0.3, -0.25) is 0 Å². The van der Waals surface area contributed by atoms with Gasteiger partial charge in [0, 0.05) is 89.7 Å². The van der Waals surface area contributed by atoms with E-state index < -0.39 is 0 Å². The molecule has 0 amide bonds. The molecule has 2 fully saturated rings. The van der Waals surface area contributed by atoms with Crippen molar-refractivity contribution in [1.29, 1.82) is 0 Å². The number of hydrogen-bond donors (Lipinski definition) is 4. The van der Waals surface area contributed by atoms with E-state index in [0.717, 1.165) is 113 Å². The maximum absolute atomic E-state index is 6.50. The molecule has 0 atom stereocenters. The summed E-state index contributed by atoms with van der Waals surface area (Å²) in [5, 5.41) is 13.8. The predicted molar refractivity (Wildman–Crippen MR) is 172 cm³/mol. The Kier molecular flexibility index (Phi) is 9.73. The monoisotopic (exact) mass is 580 g/mol. The summed E-state index contributed by atoms with van der Waals surface area (Å²) in [5.41, 5.74) is 4.02. The van der Waals surface area contributed by atoms with Crippen LogP contribution in [0.15, 0.2) is 73.1 Å². The number of para-hydroxylation sites is 2. The van der Waals surface area contributed by atoms with Crippen molar-refractivity contribution in [1.82, 2.24) is 30.6 Å². The molecule has 4 N–H and O–H groups in total. The Morgan fingerprint density at radius 2 is 1.02 bits per heavy atom. The zero-order valence-electron chi connectivity index (χ0n) is 24.5. The highest BCUT2D eigenvalue weighted by molar-refractivity contribution is 5.55. The van der Waals surface area contributed by atoms with Crippen molar-refractivity contribution >= 4 is 23.0 Å². The molecule has 0 aliphatic carbocycles. The molecular formula is C32H40N10O. The number of hydrogen-bond acceptors (Lipinski definition) is 11. The molecule has 4 heterocycles. The zero-order chi connectivity index (χ0) is 29.1.